The monoisotopic (exact) mass is 290 g/mol. The minimum Gasteiger partial charge on any atom is -0.481 e. The van der Waals surface area contributed by atoms with Crippen LogP contribution in [-0.2, 0) is 4.79 Å². The number of carboxylic acid groups (broad SMARTS) is 1. The number of carbonyl (C=O) groups excluding carboxylic acids is 1. The molecule has 1 aromatic carbocycles. The Kier molecular flexibility index (Phi) is 4.50. The summed E-state index contributed by atoms with van der Waals surface area (Å²) in [6.07, 6.45) is 0.528. The molecule has 5 nitrogen and oxygen atoms in total. The van der Waals surface area contributed by atoms with Crippen molar-refractivity contribution in [1.29, 1.82) is 0 Å². The normalized spacial score (nSPS) is 19.4. The van der Waals surface area contributed by atoms with Crippen LogP contribution in [0.3, 0.4) is 0 Å². The molecule has 1 heterocycles. The number of aryl methyl sites for hydroxylation is 2. The third-order valence-corrected chi connectivity index (χ3v) is 4.06. The Labute approximate surface area is 125 Å². The summed E-state index contributed by atoms with van der Waals surface area (Å²) in [7, 11) is 0. The van der Waals surface area contributed by atoms with Gasteiger partial charge in [-0.1, -0.05) is 23.8 Å². The van der Waals surface area contributed by atoms with Gasteiger partial charge in [0, 0.05) is 13.1 Å². The predicted molar refractivity (Wildman–Crippen MR) is 80.2 cm³/mol. The van der Waals surface area contributed by atoms with E-state index in [-0.39, 0.29) is 12.1 Å². The van der Waals surface area contributed by atoms with Gasteiger partial charge in [-0.25, -0.2) is 4.79 Å². The number of hydrogen-bond acceptors (Lipinski definition) is 2. The lowest BCUT2D eigenvalue weighted by atomic mass is 10.0. The van der Waals surface area contributed by atoms with Crippen LogP contribution in [0, 0.1) is 19.8 Å². The summed E-state index contributed by atoms with van der Waals surface area (Å²) in [5, 5.41) is 11.9. The highest BCUT2D eigenvalue weighted by atomic mass is 16.4. The van der Waals surface area contributed by atoms with Gasteiger partial charge in [-0.3, -0.25) is 4.79 Å². The largest absolute Gasteiger partial charge is 0.481 e. The summed E-state index contributed by atoms with van der Waals surface area (Å²) in [5.74, 6) is -1.26. The molecule has 1 fully saturated rings. The first-order chi connectivity index (χ1) is 9.88. The Bertz CT molecular complexity index is 556. The number of amides is 2. The number of urea groups is 1. The molecule has 21 heavy (non-hydrogen) atoms. The average molecular weight is 290 g/mol. The fourth-order valence-electron chi connectivity index (χ4n) is 2.81. The van der Waals surface area contributed by atoms with Gasteiger partial charge < -0.3 is 15.3 Å². The highest BCUT2D eigenvalue weighted by molar-refractivity contribution is 5.77. The van der Waals surface area contributed by atoms with Gasteiger partial charge in [0.2, 0.25) is 0 Å². The van der Waals surface area contributed by atoms with Crippen molar-refractivity contribution in [2.75, 3.05) is 13.1 Å². The van der Waals surface area contributed by atoms with Crippen LogP contribution in [0.25, 0.3) is 0 Å². The zero-order valence-electron chi connectivity index (χ0n) is 12.7. The van der Waals surface area contributed by atoms with Gasteiger partial charge in [0.1, 0.15) is 0 Å². The minimum atomic E-state index is -0.826. The van der Waals surface area contributed by atoms with E-state index in [0.29, 0.717) is 19.5 Å². The Morgan fingerprint density at radius 1 is 1.38 bits per heavy atom. The SMILES string of the molecule is Cc1ccc(C(C)NC(=O)N2CCC(C(=O)O)C2)c(C)c1. The number of aliphatic carboxylic acids is 1. The van der Waals surface area contributed by atoms with Gasteiger partial charge in [-0.15, -0.1) is 0 Å². The van der Waals surface area contributed by atoms with Crippen molar-refractivity contribution in [2.45, 2.75) is 33.2 Å². The molecule has 0 aromatic heterocycles. The smallest absolute Gasteiger partial charge is 0.317 e. The van der Waals surface area contributed by atoms with Gasteiger partial charge in [0.15, 0.2) is 0 Å². The van der Waals surface area contributed by atoms with Crippen molar-refractivity contribution in [3.05, 3.63) is 34.9 Å². The second-order valence-corrected chi connectivity index (χ2v) is 5.80. The summed E-state index contributed by atoms with van der Waals surface area (Å²) in [5.41, 5.74) is 3.43. The number of benzene rings is 1. The summed E-state index contributed by atoms with van der Waals surface area (Å²) in [4.78, 5) is 24.7. The number of likely N-dealkylation sites (tertiary alicyclic amines) is 1. The lowest BCUT2D eigenvalue weighted by Gasteiger charge is -2.22. The van der Waals surface area contributed by atoms with Crippen LogP contribution in [0.2, 0.25) is 0 Å². The number of nitrogens with one attached hydrogen (secondary N) is 1. The maximum atomic E-state index is 12.2. The Morgan fingerprint density at radius 3 is 2.67 bits per heavy atom. The first kappa shape index (κ1) is 15.4. The van der Waals surface area contributed by atoms with E-state index in [0.717, 1.165) is 11.1 Å². The lowest BCUT2D eigenvalue weighted by Crippen LogP contribution is -2.40. The summed E-state index contributed by atoms with van der Waals surface area (Å²) in [6, 6.07) is 5.86. The zero-order valence-corrected chi connectivity index (χ0v) is 12.7. The quantitative estimate of drug-likeness (QED) is 0.898. The van der Waals surface area contributed by atoms with E-state index in [1.165, 1.54) is 5.56 Å². The molecule has 1 aromatic rings. The maximum absolute atomic E-state index is 12.2. The van der Waals surface area contributed by atoms with Crippen molar-refractivity contribution < 1.29 is 14.7 Å². The molecule has 1 aliphatic heterocycles. The number of hydrogen-bond donors (Lipinski definition) is 2. The van der Waals surface area contributed by atoms with Crippen molar-refractivity contribution in [1.82, 2.24) is 10.2 Å². The molecule has 5 heteroatoms. The standard InChI is InChI=1S/C16H22N2O3/c1-10-4-5-14(11(2)8-10)12(3)17-16(21)18-7-6-13(9-18)15(19)20/h4-5,8,12-13H,6-7,9H2,1-3H3,(H,17,21)(H,19,20). The van der Waals surface area contributed by atoms with E-state index < -0.39 is 11.9 Å². The molecular weight excluding hydrogens is 268 g/mol. The Morgan fingerprint density at radius 2 is 2.10 bits per heavy atom. The second kappa shape index (κ2) is 6.16. The molecule has 2 atom stereocenters. The van der Waals surface area contributed by atoms with E-state index in [1.807, 2.05) is 32.9 Å². The highest BCUT2D eigenvalue weighted by Crippen LogP contribution is 2.20. The molecule has 0 radical (unpaired) electrons. The van der Waals surface area contributed by atoms with E-state index in [2.05, 4.69) is 11.4 Å². The number of carbonyl (C=O) groups is 2. The molecule has 0 aliphatic carbocycles. The van der Waals surface area contributed by atoms with Crippen molar-refractivity contribution in [2.24, 2.45) is 5.92 Å². The lowest BCUT2D eigenvalue weighted by molar-refractivity contribution is -0.141. The van der Waals surface area contributed by atoms with Crippen molar-refractivity contribution >= 4 is 12.0 Å². The molecule has 2 rings (SSSR count). The molecule has 1 saturated heterocycles. The van der Waals surface area contributed by atoms with Crippen LogP contribution in [-0.4, -0.2) is 35.1 Å². The zero-order chi connectivity index (χ0) is 15.6. The van der Waals surface area contributed by atoms with Crippen molar-refractivity contribution in [3.63, 3.8) is 0 Å². The summed E-state index contributed by atoms with van der Waals surface area (Å²) in [6.45, 7) is 6.81. The predicted octanol–water partition coefficient (Wildman–Crippen LogP) is 2.48. The fraction of sp³-hybridized carbons (Fsp3) is 0.500. The fourth-order valence-corrected chi connectivity index (χ4v) is 2.81. The molecule has 114 valence electrons. The number of nitrogens with zero attached hydrogens (tertiary/aromatic N) is 1. The molecule has 1 aliphatic rings. The number of carboxylic acids is 1. The Balaban J connectivity index is 1.98. The van der Waals surface area contributed by atoms with Gasteiger partial charge in [0.25, 0.3) is 0 Å². The van der Waals surface area contributed by atoms with Crippen LogP contribution in [0.15, 0.2) is 18.2 Å². The van der Waals surface area contributed by atoms with Crippen LogP contribution >= 0.6 is 0 Å². The van der Waals surface area contributed by atoms with E-state index in [4.69, 9.17) is 5.11 Å². The maximum Gasteiger partial charge on any atom is 0.317 e. The van der Waals surface area contributed by atoms with E-state index in [9.17, 15) is 9.59 Å². The van der Waals surface area contributed by atoms with Crippen LogP contribution in [0.4, 0.5) is 4.79 Å². The van der Waals surface area contributed by atoms with E-state index >= 15 is 0 Å². The third-order valence-electron chi connectivity index (χ3n) is 4.06. The molecule has 0 bridgehead atoms. The van der Waals surface area contributed by atoms with Crippen molar-refractivity contribution in [3.8, 4) is 0 Å². The summed E-state index contributed by atoms with van der Waals surface area (Å²) >= 11 is 0. The van der Waals surface area contributed by atoms with Crippen LogP contribution in [0.1, 0.15) is 36.1 Å². The van der Waals surface area contributed by atoms with Gasteiger partial charge in [0.05, 0.1) is 12.0 Å². The first-order valence-corrected chi connectivity index (χ1v) is 7.24. The van der Waals surface area contributed by atoms with Crippen LogP contribution in [0.5, 0.6) is 0 Å². The number of rotatable bonds is 3. The van der Waals surface area contributed by atoms with Gasteiger partial charge in [-0.05, 0) is 38.3 Å². The van der Waals surface area contributed by atoms with Gasteiger partial charge >= 0.3 is 12.0 Å². The van der Waals surface area contributed by atoms with Gasteiger partial charge in [-0.2, -0.15) is 0 Å². The molecule has 0 spiro atoms. The second-order valence-electron chi connectivity index (χ2n) is 5.80. The molecule has 2 amide bonds. The molecule has 2 unspecified atom stereocenters. The third kappa shape index (κ3) is 3.54. The average Bonchev–Trinajstić information content (AvgIpc) is 2.88. The topological polar surface area (TPSA) is 69.6 Å². The first-order valence-electron chi connectivity index (χ1n) is 7.24. The molecule has 2 N–H and O–H groups in total. The van der Waals surface area contributed by atoms with E-state index in [1.54, 1.807) is 4.90 Å². The highest BCUT2D eigenvalue weighted by Gasteiger charge is 2.31. The van der Waals surface area contributed by atoms with Crippen LogP contribution < -0.4 is 5.32 Å². The Hall–Kier alpha value is -2.04. The molecule has 0 saturated carbocycles. The minimum absolute atomic E-state index is 0.0954. The summed E-state index contributed by atoms with van der Waals surface area (Å²) < 4.78 is 0. The molecular formula is C16H22N2O3.